The number of nitrogens with two attached hydrogens (primary N) is 1. The van der Waals surface area contributed by atoms with Gasteiger partial charge in [0.05, 0.1) is 11.9 Å². The predicted octanol–water partition coefficient (Wildman–Crippen LogP) is 2.99. The van der Waals surface area contributed by atoms with Crippen molar-refractivity contribution in [3.8, 4) is 0 Å². The SMILES string of the molecule is CCC1CCCN(c2ncc(N)cc2C)CC1. The monoisotopic (exact) mass is 233 g/mol. The van der Waals surface area contributed by atoms with E-state index in [2.05, 4.69) is 23.7 Å². The summed E-state index contributed by atoms with van der Waals surface area (Å²) in [5, 5.41) is 0. The van der Waals surface area contributed by atoms with Gasteiger partial charge in [0.2, 0.25) is 0 Å². The van der Waals surface area contributed by atoms with E-state index in [-0.39, 0.29) is 0 Å². The van der Waals surface area contributed by atoms with E-state index in [1.807, 2.05) is 6.07 Å². The van der Waals surface area contributed by atoms with Gasteiger partial charge in [0.1, 0.15) is 5.82 Å². The van der Waals surface area contributed by atoms with Crippen LogP contribution in [0.2, 0.25) is 0 Å². The third kappa shape index (κ3) is 2.90. The molecule has 2 rings (SSSR count). The molecule has 1 fully saturated rings. The maximum Gasteiger partial charge on any atom is 0.131 e. The van der Waals surface area contributed by atoms with E-state index < -0.39 is 0 Å². The zero-order valence-electron chi connectivity index (χ0n) is 10.9. The smallest absolute Gasteiger partial charge is 0.131 e. The van der Waals surface area contributed by atoms with Gasteiger partial charge in [0, 0.05) is 13.1 Å². The standard InChI is InChI=1S/C14H23N3/c1-3-12-5-4-7-17(8-6-12)14-11(2)9-13(15)10-16-14/h9-10,12H,3-8,15H2,1-2H3. The summed E-state index contributed by atoms with van der Waals surface area (Å²) in [6.45, 7) is 6.67. The molecule has 2 N–H and O–H groups in total. The van der Waals surface area contributed by atoms with Crippen LogP contribution in [-0.4, -0.2) is 18.1 Å². The quantitative estimate of drug-likeness (QED) is 0.854. The molecule has 1 unspecified atom stereocenters. The number of aromatic nitrogens is 1. The molecule has 0 aliphatic carbocycles. The van der Waals surface area contributed by atoms with E-state index in [0.29, 0.717) is 0 Å². The number of nitrogen functional groups attached to an aromatic ring is 1. The van der Waals surface area contributed by atoms with Crippen LogP contribution >= 0.6 is 0 Å². The van der Waals surface area contributed by atoms with Gasteiger partial charge in [-0.15, -0.1) is 0 Å². The van der Waals surface area contributed by atoms with Crippen molar-refractivity contribution in [1.82, 2.24) is 4.98 Å². The van der Waals surface area contributed by atoms with Crippen LogP contribution in [-0.2, 0) is 0 Å². The van der Waals surface area contributed by atoms with Gasteiger partial charge in [-0.25, -0.2) is 4.98 Å². The Morgan fingerprint density at radius 1 is 1.41 bits per heavy atom. The van der Waals surface area contributed by atoms with Crippen molar-refractivity contribution in [2.75, 3.05) is 23.7 Å². The Kier molecular flexibility index (Phi) is 3.87. The minimum absolute atomic E-state index is 0.757. The second kappa shape index (κ2) is 5.39. The predicted molar refractivity (Wildman–Crippen MR) is 73.2 cm³/mol. The molecule has 1 aromatic heterocycles. The maximum atomic E-state index is 5.75. The molecule has 0 aromatic carbocycles. The van der Waals surface area contributed by atoms with E-state index in [1.165, 1.54) is 31.2 Å². The van der Waals surface area contributed by atoms with Crippen molar-refractivity contribution in [3.05, 3.63) is 17.8 Å². The molecule has 3 heteroatoms. The Morgan fingerprint density at radius 3 is 2.94 bits per heavy atom. The van der Waals surface area contributed by atoms with Crippen molar-refractivity contribution < 1.29 is 0 Å². The largest absolute Gasteiger partial charge is 0.397 e. The van der Waals surface area contributed by atoms with Gasteiger partial charge < -0.3 is 10.6 Å². The number of hydrogen-bond acceptors (Lipinski definition) is 3. The molecule has 1 aromatic rings. The van der Waals surface area contributed by atoms with Gasteiger partial charge in [-0.2, -0.15) is 0 Å². The van der Waals surface area contributed by atoms with E-state index in [0.717, 1.165) is 30.5 Å². The van der Waals surface area contributed by atoms with Crippen molar-refractivity contribution >= 4 is 11.5 Å². The Balaban J connectivity index is 2.11. The molecule has 1 saturated heterocycles. The normalized spacial score (nSPS) is 21.3. The highest BCUT2D eigenvalue weighted by Crippen LogP contribution is 2.25. The molecule has 0 bridgehead atoms. The summed E-state index contributed by atoms with van der Waals surface area (Å²) in [6.07, 6.45) is 7.01. The lowest BCUT2D eigenvalue weighted by molar-refractivity contribution is 0.459. The first kappa shape index (κ1) is 12.2. The highest BCUT2D eigenvalue weighted by atomic mass is 15.2. The van der Waals surface area contributed by atoms with E-state index >= 15 is 0 Å². The van der Waals surface area contributed by atoms with Crippen LogP contribution < -0.4 is 10.6 Å². The first-order valence-electron chi connectivity index (χ1n) is 6.67. The number of aryl methyl sites for hydroxylation is 1. The first-order chi connectivity index (χ1) is 8.20. The van der Waals surface area contributed by atoms with Crippen molar-refractivity contribution in [2.45, 2.75) is 39.5 Å². The number of rotatable bonds is 2. The molecule has 3 nitrogen and oxygen atoms in total. The molecule has 1 aliphatic heterocycles. The van der Waals surface area contributed by atoms with E-state index in [1.54, 1.807) is 6.20 Å². The molecule has 17 heavy (non-hydrogen) atoms. The molecule has 94 valence electrons. The highest BCUT2D eigenvalue weighted by Gasteiger charge is 2.17. The summed E-state index contributed by atoms with van der Waals surface area (Å²) >= 11 is 0. The lowest BCUT2D eigenvalue weighted by Gasteiger charge is -2.23. The van der Waals surface area contributed by atoms with Crippen LogP contribution in [0, 0.1) is 12.8 Å². The fourth-order valence-electron chi connectivity index (χ4n) is 2.71. The fraction of sp³-hybridized carbons (Fsp3) is 0.643. The molecule has 0 radical (unpaired) electrons. The van der Waals surface area contributed by atoms with E-state index in [9.17, 15) is 0 Å². The topological polar surface area (TPSA) is 42.2 Å². The summed E-state index contributed by atoms with van der Waals surface area (Å²) in [5.74, 6) is 2.02. The lowest BCUT2D eigenvalue weighted by atomic mass is 9.98. The van der Waals surface area contributed by atoms with Crippen LogP contribution in [0.3, 0.4) is 0 Å². The van der Waals surface area contributed by atoms with Crippen LogP contribution in [0.15, 0.2) is 12.3 Å². The summed E-state index contributed by atoms with van der Waals surface area (Å²) in [5.41, 5.74) is 7.70. The van der Waals surface area contributed by atoms with Crippen molar-refractivity contribution in [1.29, 1.82) is 0 Å². The first-order valence-corrected chi connectivity index (χ1v) is 6.67. The van der Waals surface area contributed by atoms with Gasteiger partial charge in [0.15, 0.2) is 0 Å². The maximum absolute atomic E-state index is 5.75. The van der Waals surface area contributed by atoms with Crippen LogP contribution in [0.25, 0.3) is 0 Å². The molecule has 0 spiro atoms. The van der Waals surface area contributed by atoms with Gasteiger partial charge in [-0.05, 0) is 43.7 Å². The van der Waals surface area contributed by atoms with Gasteiger partial charge in [-0.1, -0.05) is 13.3 Å². The highest BCUT2D eigenvalue weighted by molar-refractivity contribution is 5.52. The Hall–Kier alpha value is -1.25. The lowest BCUT2D eigenvalue weighted by Crippen LogP contribution is -2.26. The zero-order chi connectivity index (χ0) is 12.3. The number of anilines is 2. The third-order valence-electron chi connectivity index (χ3n) is 3.80. The summed E-state index contributed by atoms with van der Waals surface area (Å²) in [4.78, 5) is 6.92. The Morgan fingerprint density at radius 2 is 2.24 bits per heavy atom. The molecule has 1 atom stereocenters. The molecule has 0 amide bonds. The van der Waals surface area contributed by atoms with Gasteiger partial charge >= 0.3 is 0 Å². The zero-order valence-corrected chi connectivity index (χ0v) is 10.9. The molecular weight excluding hydrogens is 210 g/mol. The molecule has 0 saturated carbocycles. The van der Waals surface area contributed by atoms with Gasteiger partial charge in [-0.3, -0.25) is 0 Å². The van der Waals surface area contributed by atoms with Crippen molar-refractivity contribution in [3.63, 3.8) is 0 Å². The molecule has 1 aliphatic rings. The average molecular weight is 233 g/mol. The number of nitrogens with zero attached hydrogens (tertiary/aromatic N) is 2. The van der Waals surface area contributed by atoms with Crippen LogP contribution in [0.5, 0.6) is 0 Å². The van der Waals surface area contributed by atoms with Crippen LogP contribution in [0.4, 0.5) is 11.5 Å². The Bertz CT molecular complexity index is 376. The number of hydrogen-bond donors (Lipinski definition) is 1. The van der Waals surface area contributed by atoms with E-state index in [4.69, 9.17) is 5.73 Å². The van der Waals surface area contributed by atoms with Crippen LogP contribution in [0.1, 0.15) is 38.2 Å². The average Bonchev–Trinajstić information content (AvgIpc) is 2.54. The molecule has 2 heterocycles. The minimum atomic E-state index is 0.757. The second-order valence-electron chi connectivity index (χ2n) is 5.10. The molecular formula is C14H23N3. The fourth-order valence-corrected chi connectivity index (χ4v) is 2.71. The summed E-state index contributed by atoms with van der Waals surface area (Å²) in [6, 6.07) is 2.02. The van der Waals surface area contributed by atoms with Crippen molar-refractivity contribution in [2.24, 2.45) is 5.92 Å². The minimum Gasteiger partial charge on any atom is -0.397 e. The summed E-state index contributed by atoms with van der Waals surface area (Å²) in [7, 11) is 0. The summed E-state index contributed by atoms with van der Waals surface area (Å²) < 4.78 is 0. The Labute approximate surface area is 104 Å². The third-order valence-corrected chi connectivity index (χ3v) is 3.80. The second-order valence-corrected chi connectivity index (χ2v) is 5.10. The van der Waals surface area contributed by atoms with Gasteiger partial charge in [0.25, 0.3) is 0 Å². The number of pyridine rings is 1.